The van der Waals surface area contributed by atoms with Gasteiger partial charge in [0.25, 0.3) is 0 Å². The molecule has 3 nitrogen and oxygen atoms in total. The summed E-state index contributed by atoms with van der Waals surface area (Å²) in [6, 6.07) is 0. The first kappa shape index (κ1) is 9.65. The second-order valence-electron chi connectivity index (χ2n) is 4.42. The molecule has 1 fully saturated rings. The molecular weight excluding hydrogens is 198 g/mol. The van der Waals surface area contributed by atoms with Crippen molar-refractivity contribution in [2.75, 3.05) is 0 Å². The van der Waals surface area contributed by atoms with Crippen LogP contribution in [0.15, 0.2) is 5.51 Å². The van der Waals surface area contributed by atoms with Gasteiger partial charge in [-0.15, -0.1) is 11.3 Å². The molecule has 76 valence electrons. The first-order chi connectivity index (χ1) is 6.46. The lowest BCUT2D eigenvalue weighted by Gasteiger charge is -1.99. The lowest BCUT2D eigenvalue weighted by molar-refractivity contribution is -0.139. The van der Waals surface area contributed by atoms with Crippen LogP contribution in [0.4, 0.5) is 0 Å². The van der Waals surface area contributed by atoms with Crippen LogP contribution in [-0.4, -0.2) is 16.1 Å². The Hall–Kier alpha value is -0.900. The van der Waals surface area contributed by atoms with Crippen LogP contribution in [-0.2, 0) is 4.79 Å². The maximum absolute atomic E-state index is 11.0. The number of hydrogen-bond donors (Lipinski definition) is 1. The Kier molecular flexibility index (Phi) is 1.93. The number of aromatic nitrogens is 1. The standard InChI is InChI=1S/C10H13NO2S/c1-5-8(14-4-11-5)6-7(9(12)13)10(6,2)3/h4,6-7H,1-3H3,(H,12,13)/t6-,7-/m1/s1. The SMILES string of the molecule is Cc1ncsc1[C@H]1[C@H](C(=O)O)C1(C)C. The molecule has 1 heterocycles. The van der Waals surface area contributed by atoms with Crippen LogP contribution in [0.3, 0.4) is 0 Å². The van der Waals surface area contributed by atoms with Gasteiger partial charge in [0.05, 0.1) is 17.1 Å². The topological polar surface area (TPSA) is 50.2 Å². The van der Waals surface area contributed by atoms with Crippen LogP contribution in [0.1, 0.15) is 30.3 Å². The van der Waals surface area contributed by atoms with Crippen molar-refractivity contribution >= 4 is 17.3 Å². The van der Waals surface area contributed by atoms with Crippen LogP contribution in [0.25, 0.3) is 0 Å². The second-order valence-corrected chi connectivity index (χ2v) is 5.30. The van der Waals surface area contributed by atoms with E-state index < -0.39 is 5.97 Å². The minimum atomic E-state index is -0.687. The van der Waals surface area contributed by atoms with E-state index in [1.165, 1.54) is 0 Å². The molecule has 0 bridgehead atoms. The maximum Gasteiger partial charge on any atom is 0.307 e. The van der Waals surface area contributed by atoms with E-state index >= 15 is 0 Å². The van der Waals surface area contributed by atoms with Gasteiger partial charge in [-0.3, -0.25) is 4.79 Å². The van der Waals surface area contributed by atoms with Crippen LogP contribution >= 0.6 is 11.3 Å². The van der Waals surface area contributed by atoms with Crippen molar-refractivity contribution in [3.63, 3.8) is 0 Å². The smallest absolute Gasteiger partial charge is 0.307 e. The van der Waals surface area contributed by atoms with Gasteiger partial charge >= 0.3 is 5.97 Å². The number of rotatable bonds is 2. The summed E-state index contributed by atoms with van der Waals surface area (Å²) in [6.45, 7) is 5.96. The molecule has 0 unspecified atom stereocenters. The lowest BCUT2D eigenvalue weighted by atomic mass is 10.1. The molecule has 2 atom stereocenters. The van der Waals surface area contributed by atoms with Crippen molar-refractivity contribution in [1.29, 1.82) is 0 Å². The fourth-order valence-electron chi connectivity index (χ4n) is 2.20. The maximum atomic E-state index is 11.0. The fraction of sp³-hybridized carbons (Fsp3) is 0.600. The Labute approximate surface area is 86.8 Å². The van der Waals surface area contributed by atoms with Gasteiger partial charge < -0.3 is 5.11 Å². The molecule has 0 aliphatic heterocycles. The zero-order valence-electron chi connectivity index (χ0n) is 8.44. The Bertz CT molecular complexity index is 383. The van der Waals surface area contributed by atoms with E-state index in [4.69, 9.17) is 5.11 Å². The molecule has 0 aromatic carbocycles. The van der Waals surface area contributed by atoms with E-state index in [9.17, 15) is 4.79 Å². The minimum Gasteiger partial charge on any atom is -0.481 e. The highest BCUT2D eigenvalue weighted by atomic mass is 32.1. The molecule has 0 radical (unpaired) electrons. The van der Waals surface area contributed by atoms with Crippen molar-refractivity contribution in [3.8, 4) is 0 Å². The van der Waals surface area contributed by atoms with Crippen molar-refractivity contribution in [1.82, 2.24) is 4.98 Å². The Morgan fingerprint density at radius 2 is 2.29 bits per heavy atom. The first-order valence-electron chi connectivity index (χ1n) is 4.59. The lowest BCUT2D eigenvalue weighted by Crippen LogP contribution is -2.03. The number of aliphatic carboxylic acids is 1. The average molecular weight is 211 g/mol. The minimum absolute atomic E-state index is 0.108. The van der Waals surface area contributed by atoms with Gasteiger partial charge in [-0.25, -0.2) is 4.98 Å². The molecule has 1 saturated carbocycles. The van der Waals surface area contributed by atoms with E-state index in [1.807, 2.05) is 20.8 Å². The Morgan fingerprint density at radius 1 is 1.64 bits per heavy atom. The third kappa shape index (κ3) is 1.17. The molecular formula is C10H13NO2S. The summed E-state index contributed by atoms with van der Waals surface area (Å²) in [6.07, 6.45) is 0. The van der Waals surface area contributed by atoms with Crippen molar-refractivity contribution in [2.45, 2.75) is 26.7 Å². The molecule has 1 N–H and O–H groups in total. The van der Waals surface area contributed by atoms with E-state index in [-0.39, 0.29) is 17.3 Å². The average Bonchev–Trinajstić information content (AvgIpc) is 2.42. The van der Waals surface area contributed by atoms with E-state index in [0.29, 0.717) is 0 Å². The Morgan fingerprint density at radius 3 is 2.64 bits per heavy atom. The number of hydrogen-bond acceptors (Lipinski definition) is 3. The third-order valence-corrected chi connectivity index (χ3v) is 4.17. The Balaban J connectivity index is 2.32. The van der Waals surface area contributed by atoms with Crippen LogP contribution < -0.4 is 0 Å². The molecule has 1 aromatic rings. The monoisotopic (exact) mass is 211 g/mol. The highest BCUT2D eigenvalue weighted by Crippen LogP contribution is 2.65. The van der Waals surface area contributed by atoms with Gasteiger partial charge in [0.15, 0.2) is 0 Å². The molecule has 1 aliphatic rings. The quantitative estimate of drug-likeness (QED) is 0.816. The van der Waals surface area contributed by atoms with Gasteiger partial charge in [-0.2, -0.15) is 0 Å². The van der Waals surface area contributed by atoms with Crippen LogP contribution in [0.2, 0.25) is 0 Å². The molecule has 0 spiro atoms. The summed E-state index contributed by atoms with van der Waals surface area (Å²) in [4.78, 5) is 16.3. The predicted octanol–water partition coefficient (Wildman–Crippen LogP) is 2.28. The van der Waals surface area contributed by atoms with Crippen molar-refractivity contribution < 1.29 is 9.90 Å². The number of aryl methyl sites for hydroxylation is 1. The van der Waals surface area contributed by atoms with E-state index in [2.05, 4.69) is 4.98 Å². The first-order valence-corrected chi connectivity index (χ1v) is 5.47. The number of carbonyl (C=O) groups is 1. The second kappa shape index (κ2) is 2.79. The molecule has 0 saturated heterocycles. The molecule has 0 amide bonds. The number of thiazole rings is 1. The zero-order chi connectivity index (χ0) is 10.5. The molecule has 4 heteroatoms. The number of nitrogens with zero attached hydrogens (tertiary/aromatic N) is 1. The normalized spacial score (nSPS) is 28.8. The van der Waals surface area contributed by atoms with Gasteiger partial charge in [0.1, 0.15) is 0 Å². The summed E-state index contributed by atoms with van der Waals surface area (Å²) >= 11 is 1.57. The van der Waals surface area contributed by atoms with Crippen molar-refractivity contribution in [2.24, 2.45) is 11.3 Å². The summed E-state index contributed by atoms with van der Waals surface area (Å²) < 4.78 is 0. The van der Waals surface area contributed by atoms with Gasteiger partial charge in [-0.05, 0) is 12.3 Å². The third-order valence-electron chi connectivity index (χ3n) is 3.16. The van der Waals surface area contributed by atoms with E-state index in [1.54, 1.807) is 16.8 Å². The van der Waals surface area contributed by atoms with Gasteiger partial charge in [0, 0.05) is 10.8 Å². The summed E-state index contributed by atoms with van der Waals surface area (Å²) in [7, 11) is 0. The van der Waals surface area contributed by atoms with Crippen LogP contribution in [0, 0.1) is 18.3 Å². The largest absolute Gasteiger partial charge is 0.481 e. The summed E-state index contributed by atoms with van der Waals surface area (Å²) in [5, 5.41) is 9.03. The molecule has 14 heavy (non-hydrogen) atoms. The highest BCUT2D eigenvalue weighted by Gasteiger charge is 2.63. The van der Waals surface area contributed by atoms with Gasteiger partial charge in [-0.1, -0.05) is 13.8 Å². The predicted molar refractivity (Wildman–Crippen MR) is 54.5 cm³/mol. The number of carboxylic acid groups (broad SMARTS) is 1. The number of carboxylic acids is 1. The molecule has 2 rings (SSSR count). The summed E-state index contributed by atoms with van der Waals surface area (Å²) in [5.74, 6) is -0.762. The summed E-state index contributed by atoms with van der Waals surface area (Å²) in [5.41, 5.74) is 2.66. The fourth-order valence-corrected chi connectivity index (χ4v) is 3.33. The van der Waals surface area contributed by atoms with Crippen LogP contribution in [0.5, 0.6) is 0 Å². The molecule has 1 aliphatic carbocycles. The highest BCUT2D eigenvalue weighted by molar-refractivity contribution is 7.09. The van der Waals surface area contributed by atoms with Crippen molar-refractivity contribution in [3.05, 3.63) is 16.1 Å². The van der Waals surface area contributed by atoms with Gasteiger partial charge in [0.2, 0.25) is 0 Å². The molecule has 1 aromatic heterocycles. The van der Waals surface area contributed by atoms with E-state index in [0.717, 1.165) is 10.6 Å². The zero-order valence-corrected chi connectivity index (χ0v) is 9.26.